The second-order valence-electron chi connectivity index (χ2n) is 5.47. The monoisotopic (exact) mass is 248 g/mol. The van der Waals surface area contributed by atoms with Gasteiger partial charge in [0.25, 0.3) is 0 Å². The molecule has 0 radical (unpaired) electrons. The van der Waals surface area contributed by atoms with E-state index in [0.29, 0.717) is 6.04 Å². The van der Waals surface area contributed by atoms with Gasteiger partial charge in [-0.2, -0.15) is 0 Å². The normalized spacial score (nSPS) is 25.0. The third kappa shape index (κ3) is 3.03. The second kappa shape index (κ2) is 5.72. The van der Waals surface area contributed by atoms with Gasteiger partial charge in [-0.25, -0.2) is 0 Å². The number of hydrogen-bond acceptors (Lipinski definition) is 3. The van der Waals surface area contributed by atoms with Crippen molar-refractivity contribution in [3.8, 4) is 0 Å². The zero-order valence-electron chi connectivity index (χ0n) is 11.6. The number of hydrogen-bond donors (Lipinski definition) is 2. The highest BCUT2D eigenvalue weighted by atomic mass is 16.3. The number of aryl methyl sites for hydroxylation is 2. The molecule has 1 aromatic carbocycles. The Kier molecular flexibility index (Phi) is 4.25. The minimum Gasteiger partial charge on any atom is -0.394 e. The summed E-state index contributed by atoms with van der Waals surface area (Å²) >= 11 is 0. The van der Waals surface area contributed by atoms with E-state index in [2.05, 4.69) is 49.2 Å². The molecular formula is C15H24N2O. The van der Waals surface area contributed by atoms with Crippen LogP contribution in [0.5, 0.6) is 0 Å². The van der Waals surface area contributed by atoms with Crippen LogP contribution in [0, 0.1) is 13.8 Å². The molecule has 0 spiro atoms. The molecule has 0 bridgehead atoms. The van der Waals surface area contributed by atoms with Crippen molar-refractivity contribution in [2.75, 3.05) is 24.6 Å². The van der Waals surface area contributed by atoms with Gasteiger partial charge in [0.1, 0.15) is 0 Å². The zero-order valence-corrected chi connectivity index (χ0v) is 11.6. The first-order valence-electron chi connectivity index (χ1n) is 6.79. The molecule has 2 rings (SSSR count). The Hall–Kier alpha value is -1.06. The largest absolute Gasteiger partial charge is 0.394 e. The molecular weight excluding hydrogens is 224 g/mol. The molecule has 3 heteroatoms. The fourth-order valence-corrected chi connectivity index (χ4v) is 2.68. The molecule has 1 fully saturated rings. The van der Waals surface area contributed by atoms with E-state index >= 15 is 0 Å². The van der Waals surface area contributed by atoms with Crippen LogP contribution in [0.15, 0.2) is 18.2 Å². The van der Waals surface area contributed by atoms with Gasteiger partial charge in [-0.05, 0) is 50.5 Å². The zero-order chi connectivity index (χ0) is 13.1. The van der Waals surface area contributed by atoms with Crippen molar-refractivity contribution >= 4 is 5.69 Å². The fraction of sp³-hybridized carbons (Fsp3) is 0.600. The van der Waals surface area contributed by atoms with E-state index in [9.17, 15) is 5.11 Å². The summed E-state index contributed by atoms with van der Waals surface area (Å²) in [4.78, 5) is 2.34. The predicted octanol–water partition coefficient (Wildman–Crippen LogP) is 1.85. The number of aliphatic hydroxyl groups excluding tert-OH is 1. The maximum atomic E-state index is 9.59. The van der Waals surface area contributed by atoms with Gasteiger partial charge in [-0.3, -0.25) is 0 Å². The highest BCUT2D eigenvalue weighted by molar-refractivity contribution is 5.52. The molecule has 0 aromatic heterocycles. The molecule has 1 heterocycles. The Morgan fingerprint density at radius 1 is 1.28 bits per heavy atom. The van der Waals surface area contributed by atoms with Crippen LogP contribution in [0.1, 0.15) is 24.5 Å². The van der Waals surface area contributed by atoms with E-state index in [1.54, 1.807) is 0 Å². The molecule has 0 amide bonds. The topological polar surface area (TPSA) is 35.5 Å². The molecule has 1 saturated heterocycles. The number of nitrogens with one attached hydrogen (secondary N) is 1. The summed E-state index contributed by atoms with van der Waals surface area (Å²) < 4.78 is 0. The molecule has 100 valence electrons. The Balaban J connectivity index is 2.27. The minimum atomic E-state index is 0.177. The van der Waals surface area contributed by atoms with Crippen molar-refractivity contribution in [3.05, 3.63) is 29.3 Å². The lowest BCUT2D eigenvalue weighted by Gasteiger charge is -2.31. The van der Waals surface area contributed by atoms with Gasteiger partial charge in [0.2, 0.25) is 0 Å². The fourth-order valence-electron chi connectivity index (χ4n) is 2.68. The molecule has 18 heavy (non-hydrogen) atoms. The van der Waals surface area contributed by atoms with Crippen molar-refractivity contribution in [1.82, 2.24) is 5.32 Å². The third-order valence-electron chi connectivity index (χ3n) is 3.69. The van der Waals surface area contributed by atoms with Crippen LogP contribution in [0.2, 0.25) is 0 Å². The average molecular weight is 248 g/mol. The first-order chi connectivity index (χ1) is 8.60. The summed E-state index contributed by atoms with van der Waals surface area (Å²) in [6.07, 6.45) is 1.11. The highest BCUT2D eigenvalue weighted by Gasteiger charge is 2.23. The first-order valence-corrected chi connectivity index (χ1v) is 6.79. The molecule has 0 aliphatic carbocycles. The number of anilines is 1. The number of benzene rings is 1. The van der Waals surface area contributed by atoms with E-state index in [1.807, 2.05) is 0 Å². The van der Waals surface area contributed by atoms with Crippen LogP contribution in [0.3, 0.4) is 0 Å². The van der Waals surface area contributed by atoms with Gasteiger partial charge in [0.15, 0.2) is 0 Å². The van der Waals surface area contributed by atoms with Crippen molar-refractivity contribution in [2.24, 2.45) is 0 Å². The van der Waals surface area contributed by atoms with E-state index in [-0.39, 0.29) is 12.6 Å². The Morgan fingerprint density at radius 2 is 1.94 bits per heavy atom. The molecule has 0 saturated carbocycles. The first kappa shape index (κ1) is 13.4. The summed E-state index contributed by atoms with van der Waals surface area (Å²) in [7, 11) is 0. The number of aliphatic hydroxyl groups is 1. The molecule has 2 N–H and O–H groups in total. The lowest BCUT2D eigenvalue weighted by Crippen LogP contribution is -2.43. The van der Waals surface area contributed by atoms with Crippen LogP contribution in [0.4, 0.5) is 5.69 Å². The summed E-state index contributed by atoms with van der Waals surface area (Å²) in [5.74, 6) is 0. The van der Waals surface area contributed by atoms with Crippen LogP contribution in [0.25, 0.3) is 0 Å². The van der Waals surface area contributed by atoms with Crippen LogP contribution >= 0.6 is 0 Å². The number of rotatable bonds is 2. The Bertz CT molecular complexity index is 385. The number of nitrogens with zero attached hydrogens (tertiary/aromatic N) is 1. The molecule has 3 nitrogen and oxygen atoms in total. The predicted molar refractivity (Wildman–Crippen MR) is 76.2 cm³/mol. The Morgan fingerprint density at radius 3 is 2.56 bits per heavy atom. The summed E-state index contributed by atoms with van der Waals surface area (Å²) in [5.41, 5.74) is 3.81. The van der Waals surface area contributed by atoms with Gasteiger partial charge in [-0.1, -0.05) is 6.07 Å². The van der Waals surface area contributed by atoms with Gasteiger partial charge >= 0.3 is 0 Å². The maximum absolute atomic E-state index is 9.59. The molecule has 1 aliphatic rings. The van der Waals surface area contributed by atoms with Crippen molar-refractivity contribution < 1.29 is 5.11 Å². The lowest BCUT2D eigenvalue weighted by molar-refractivity contribution is 0.259. The lowest BCUT2D eigenvalue weighted by atomic mass is 10.1. The van der Waals surface area contributed by atoms with Gasteiger partial charge in [0, 0.05) is 24.8 Å². The smallest absolute Gasteiger partial charge is 0.0647 e. The van der Waals surface area contributed by atoms with Crippen LogP contribution in [-0.2, 0) is 0 Å². The highest BCUT2D eigenvalue weighted by Crippen LogP contribution is 2.22. The van der Waals surface area contributed by atoms with E-state index < -0.39 is 0 Å². The quantitative estimate of drug-likeness (QED) is 0.838. The summed E-state index contributed by atoms with van der Waals surface area (Å²) in [6.45, 7) is 8.52. The molecule has 1 aromatic rings. The van der Waals surface area contributed by atoms with Crippen LogP contribution < -0.4 is 10.2 Å². The SMILES string of the molecule is Cc1cc(C)cc(N2CCC(C)NCC2CO)c1. The van der Waals surface area contributed by atoms with E-state index in [4.69, 9.17) is 0 Å². The van der Waals surface area contributed by atoms with Crippen LogP contribution in [-0.4, -0.2) is 36.9 Å². The molecule has 2 unspecified atom stereocenters. The van der Waals surface area contributed by atoms with Crippen molar-refractivity contribution in [3.63, 3.8) is 0 Å². The summed E-state index contributed by atoms with van der Waals surface area (Å²) in [6, 6.07) is 7.32. The standard InChI is InChI=1S/C15H24N2O/c1-11-6-12(2)8-14(7-11)17-5-4-13(3)16-9-15(17)10-18/h6-8,13,15-16,18H,4-5,9-10H2,1-3H3. The van der Waals surface area contributed by atoms with E-state index in [1.165, 1.54) is 16.8 Å². The molecule has 1 aliphatic heterocycles. The van der Waals surface area contributed by atoms with Gasteiger partial charge in [-0.15, -0.1) is 0 Å². The van der Waals surface area contributed by atoms with Crippen molar-refractivity contribution in [2.45, 2.75) is 39.3 Å². The third-order valence-corrected chi connectivity index (χ3v) is 3.69. The Labute approximate surface area is 110 Å². The average Bonchev–Trinajstić information content (AvgIpc) is 2.49. The second-order valence-corrected chi connectivity index (χ2v) is 5.47. The van der Waals surface area contributed by atoms with Crippen molar-refractivity contribution in [1.29, 1.82) is 0 Å². The van der Waals surface area contributed by atoms with E-state index in [0.717, 1.165) is 19.5 Å². The molecule has 2 atom stereocenters. The van der Waals surface area contributed by atoms with Gasteiger partial charge < -0.3 is 15.3 Å². The minimum absolute atomic E-state index is 0.177. The summed E-state index contributed by atoms with van der Waals surface area (Å²) in [5, 5.41) is 13.1. The van der Waals surface area contributed by atoms with Gasteiger partial charge in [0.05, 0.1) is 12.6 Å². The maximum Gasteiger partial charge on any atom is 0.0647 e.